The second kappa shape index (κ2) is 10.8. The van der Waals surface area contributed by atoms with Gasteiger partial charge in [0.15, 0.2) is 11.5 Å². The maximum atomic E-state index is 13.1. The van der Waals surface area contributed by atoms with E-state index in [2.05, 4.69) is 11.9 Å². The van der Waals surface area contributed by atoms with Crippen molar-refractivity contribution in [2.75, 3.05) is 18.1 Å². The Balaban J connectivity index is 2.06. The van der Waals surface area contributed by atoms with Crippen molar-refractivity contribution in [2.24, 2.45) is 0 Å². The predicted octanol–water partition coefficient (Wildman–Crippen LogP) is 4.92. The van der Waals surface area contributed by atoms with Gasteiger partial charge in [-0.15, -0.1) is 6.58 Å². The van der Waals surface area contributed by atoms with Crippen LogP contribution in [0.25, 0.3) is 6.08 Å². The molecule has 1 aliphatic heterocycles. The fraction of sp³-hybridized carbons (Fsp3) is 0.240. The third kappa shape index (κ3) is 5.43. The first-order valence-electron chi connectivity index (χ1n) is 10.6. The second-order valence-electron chi connectivity index (χ2n) is 7.22. The highest BCUT2D eigenvalue weighted by Crippen LogP contribution is 2.35. The van der Waals surface area contributed by atoms with Crippen LogP contribution in [-0.2, 0) is 16.0 Å². The number of hydrogen-bond acceptors (Lipinski definition) is 5. The average Bonchev–Trinajstić information content (AvgIpc) is 2.78. The molecule has 4 amide bonds. The fourth-order valence-electron chi connectivity index (χ4n) is 3.35. The van der Waals surface area contributed by atoms with Gasteiger partial charge in [-0.25, -0.2) is 9.69 Å². The number of barbiturate groups is 1. The van der Waals surface area contributed by atoms with E-state index >= 15 is 0 Å². The molecule has 1 aliphatic rings. The Morgan fingerprint density at radius 3 is 2.45 bits per heavy atom. The van der Waals surface area contributed by atoms with Gasteiger partial charge in [-0.2, -0.15) is 0 Å². The van der Waals surface area contributed by atoms with Crippen LogP contribution < -0.4 is 19.7 Å². The molecule has 172 valence electrons. The number of anilines is 1. The maximum absolute atomic E-state index is 13.1. The van der Waals surface area contributed by atoms with Gasteiger partial charge in [-0.3, -0.25) is 14.9 Å². The molecule has 1 N–H and O–H groups in total. The zero-order valence-corrected chi connectivity index (χ0v) is 19.3. The number of carbonyl (C=O) groups is 3. The molecule has 0 aliphatic carbocycles. The van der Waals surface area contributed by atoms with Gasteiger partial charge in [0, 0.05) is 10.6 Å². The zero-order chi connectivity index (χ0) is 24.0. The Morgan fingerprint density at radius 2 is 1.82 bits per heavy atom. The van der Waals surface area contributed by atoms with Crippen LogP contribution >= 0.6 is 11.6 Å². The molecule has 0 atom stereocenters. The predicted molar refractivity (Wildman–Crippen MR) is 128 cm³/mol. The molecule has 7 nitrogen and oxygen atoms in total. The normalized spacial score (nSPS) is 14.9. The van der Waals surface area contributed by atoms with E-state index in [4.69, 9.17) is 21.1 Å². The van der Waals surface area contributed by atoms with Crippen molar-refractivity contribution in [3.05, 3.63) is 70.8 Å². The Kier molecular flexibility index (Phi) is 7.90. The highest BCUT2D eigenvalue weighted by Gasteiger charge is 2.36. The summed E-state index contributed by atoms with van der Waals surface area (Å²) in [5.41, 5.74) is 1.48. The van der Waals surface area contributed by atoms with Crippen LogP contribution in [0.15, 0.2) is 54.6 Å². The highest BCUT2D eigenvalue weighted by atomic mass is 35.5. The summed E-state index contributed by atoms with van der Waals surface area (Å²) in [6.07, 6.45) is 4.51. The van der Waals surface area contributed by atoms with Crippen LogP contribution in [0.2, 0.25) is 5.02 Å². The van der Waals surface area contributed by atoms with Gasteiger partial charge in [0.1, 0.15) is 5.57 Å². The van der Waals surface area contributed by atoms with Gasteiger partial charge in [0.2, 0.25) is 0 Å². The van der Waals surface area contributed by atoms with Gasteiger partial charge in [0.05, 0.1) is 18.9 Å². The van der Waals surface area contributed by atoms with E-state index in [-0.39, 0.29) is 5.57 Å². The van der Waals surface area contributed by atoms with Crippen molar-refractivity contribution in [3.63, 3.8) is 0 Å². The smallest absolute Gasteiger partial charge is 0.335 e. The summed E-state index contributed by atoms with van der Waals surface area (Å²) in [7, 11) is 0. The molecule has 0 unspecified atom stereocenters. The molecule has 8 heteroatoms. The number of nitrogens with one attached hydrogen (secondary N) is 1. The lowest BCUT2D eigenvalue weighted by molar-refractivity contribution is -0.122. The maximum Gasteiger partial charge on any atom is 0.335 e. The summed E-state index contributed by atoms with van der Waals surface area (Å²) in [5.74, 6) is -0.394. The van der Waals surface area contributed by atoms with E-state index in [1.165, 1.54) is 18.2 Å². The lowest BCUT2D eigenvalue weighted by Gasteiger charge is -2.26. The number of allylic oxidation sites excluding steroid dienone is 1. The van der Waals surface area contributed by atoms with Gasteiger partial charge < -0.3 is 9.47 Å². The van der Waals surface area contributed by atoms with E-state index in [0.717, 1.165) is 16.9 Å². The Morgan fingerprint density at radius 1 is 1.09 bits per heavy atom. The summed E-state index contributed by atoms with van der Waals surface area (Å²) >= 11 is 5.91. The molecule has 0 bridgehead atoms. The van der Waals surface area contributed by atoms with Crippen molar-refractivity contribution in [3.8, 4) is 11.5 Å². The minimum absolute atomic E-state index is 0.182. The number of amides is 4. The number of benzene rings is 2. The van der Waals surface area contributed by atoms with Crippen molar-refractivity contribution in [1.82, 2.24) is 5.32 Å². The van der Waals surface area contributed by atoms with Gasteiger partial charge >= 0.3 is 6.03 Å². The summed E-state index contributed by atoms with van der Waals surface area (Å²) in [6.45, 7) is 8.59. The number of halogens is 1. The molecule has 0 radical (unpaired) electrons. The van der Waals surface area contributed by atoms with Crippen molar-refractivity contribution in [2.45, 2.75) is 26.7 Å². The van der Waals surface area contributed by atoms with E-state index in [0.29, 0.717) is 47.4 Å². The largest absolute Gasteiger partial charge is 0.490 e. The van der Waals surface area contributed by atoms with Crippen molar-refractivity contribution >= 4 is 41.2 Å². The first-order valence-corrected chi connectivity index (χ1v) is 11.0. The number of hydrogen-bond donors (Lipinski definition) is 1. The Bertz CT molecular complexity index is 1110. The molecule has 0 aromatic heterocycles. The lowest BCUT2D eigenvalue weighted by atomic mass is 10.0. The number of ether oxygens (including phenoxy) is 2. The molecule has 0 saturated carbocycles. The molecule has 1 heterocycles. The second-order valence-corrected chi connectivity index (χ2v) is 7.65. The average molecular weight is 469 g/mol. The third-order valence-electron chi connectivity index (χ3n) is 4.77. The van der Waals surface area contributed by atoms with Crippen molar-refractivity contribution in [1.29, 1.82) is 0 Å². The molecule has 2 aromatic carbocycles. The van der Waals surface area contributed by atoms with Gasteiger partial charge in [-0.1, -0.05) is 24.6 Å². The molecular weight excluding hydrogens is 444 g/mol. The number of carbonyl (C=O) groups excluding carboxylic acids is 3. The summed E-state index contributed by atoms with van der Waals surface area (Å²) < 4.78 is 11.7. The standard InChI is InChI=1S/C25H25ClN2O5/c1-4-7-17-13-16(15-21(32-6-3)22(17)33-12-5-2)14-20-23(29)27-25(31)28(24(20)30)19-10-8-18(26)9-11-19/h4,8-11,13-15H,1,5-7,12H2,2-3H3,(H,27,29,31)/b20-14+. The molecule has 2 aromatic rings. The Hall–Kier alpha value is -3.58. The van der Waals surface area contributed by atoms with E-state index in [1.807, 2.05) is 19.9 Å². The molecule has 1 fully saturated rings. The molecule has 1 saturated heterocycles. The lowest BCUT2D eigenvalue weighted by Crippen LogP contribution is -2.54. The third-order valence-corrected chi connectivity index (χ3v) is 5.02. The number of imide groups is 2. The highest BCUT2D eigenvalue weighted by molar-refractivity contribution is 6.39. The van der Waals surface area contributed by atoms with Gasteiger partial charge in [0.25, 0.3) is 11.8 Å². The van der Waals surface area contributed by atoms with Crippen LogP contribution in [-0.4, -0.2) is 31.1 Å². The molecule has 0 spiro atoms. The number of urea groups is 1. The molecule has 33 heavy (non-hydrogen) atoms. The minimum Gasteiger partial charge on any atom is -0.490 e. The SMILES string of the molecule is C=CCc1cc(/C=C2\C(=O)NC(=O)N(c3ccc(Cl)cc3)C2=O)cc(OCC)c1OCCC. The summed E-state index contributed by atoms with van der Waals surface area (Å²) in [6, 6.07) is 8.87. The minimum atomic E-state index is -0.824. The zero-order valence-electron chi connectivity index (χ0n) is 18.5. The van der Waals surface area contributed by atoms with E-state index in [9.17, 15) is 14.4 Å². The van der Waals surface area contributed by atoms with Crippen LogP contribution in [0.3, 0.4) is 0 Å². The number of nitrogens with zero attached hydrogens (tertiary/aromatic N) is 1. The van der Waals surface area contributed by atoms with Crippen molar-refractivity contribution < 1.29 is 23.9 Å². The van der Waals surface area contributed by atoms with E-state index in [1.54, 1.807) is 24.3 Å². The molecule has 3 rings (SSSR count). The summed E-state index contributed by atoms with van der Waals surface area (Å²) in [4.78, 5) is 39.0. The quantitative estimate of drug-likeness (QED) is 0.320. The van der Waals surface area contributed by atoms with Gasteiger partial charge in [-0.05, 0) is 67.8 Å². The summed E-state index contributed by atoms with van der Waals surface area (Å²) in [5, 5.41) is 2.67. The van der Waals surface area contributed by atoms with Crippen LogP contribution in [0.4, 0.5) is 10.5 Å². The number of rotatable bonds is 9. The molecular formula is C25H25ClN2O5. The monoisotopic (exact) mass is 468 g/mol. The van der Waals surface area contributed by atoms with Crippen LogP contribution in [0.1, 0.15) is 31.4 Å². The van der Waals surface area contributed by atoms with E-state index < -0.39 is 17.8 Å². The van der Waals surface area contributed by atoms with Crippen LogP contribution in [0.5, 0.6) is 11.5 Å². The Labute approximate surface area is 197 Å². The fourth-order valence-corrected chi connectivity index (χ4v) is 3.48. The first kappa shape index (κ1) is 24.1. The first-order chi connectivity index (χ1) is 15.9. The topological polar surface area (TPSA) is 84.9 Å². The van der Waals surface area contributed by atoms with Crippen LogP contribution in [0, 0.1) is 0 Å².